The summed E-state index contributed by atoms with van der Waals surface area (Å²) in [5.74, 6) is 0. The summed E-state index contributed by atoms with van der Waals surface area (Å²) in [4.78, 5) is 0. The largest absolute Gasteiger partial charge is 0.391 e. The molecule has 0 spiro atoms. The van der Waals surface area contributed by atoms with E-state index in [1.165, 1.54) is 12.8 Å². The molecule has 1 atom stereocenters. The molecule has 0 saturated heterocycles. The molecule has 2 N–H and O–H groups in total. The molecule has 2 heteroatoms. The third kappa shape index (κ3) is 5.63. The van der Waals surface area contributed by atoms with Gasteiger partial charge in [0.1, 0.15) is 0 Å². The maximum Gasteiger partial charge on any atom is 0.0141 e. The zero-order valence-corrected chi connectivity index (χ0v) is 6.98. The highest BCUT2D eigenvalue weighted by Crippen LogP contribution is 1.92. The molecule has 1 unspecified atom stereocenters. The van der Waals surface area contributed by atoms with E-state index in [0.29, 0.717) is 6.04 Å². The lowest BCUT2D eigenvalue weighted by atomic mass is 10.2. The normalized spacial score (nSPS) is 12.6. The Kier molecular flexibility index (Phi) is 6.29. The molecule has 0 amide bonds. The summed E-state index contributed by atoms with van der Waals surface area (Å²) in [6.07, 6.45) is 4.16. The van der Waals surface area contributed by atoms with Gasteiger partial charge in [0, 0.05) is 12.6 Å². The van der Waals surface area contributed by atoms with Gasteiger partial charge in [0.25, 0.3) is 0 Å². The summed E-state index contributed by atoms with van der Waals surface area (Å²) in [5.41, 5.74) is 0. The second-order valence-electron chi connectivity index (χ2n) is 2.49. The topological polar surface area (TPSA) is 24.1 Å². The van der Waals surface area contributed by atoms with E-state index in [1.807, 2.05) is 7.05 Å². The van der Waals surface area contributed by atoms with Gasteiger partial charge in [0.2, 0.25) is 0 Å². The van der Waals surface area contributed by atoms with Gasteiger partial charge in [0.05, 0.1) is 0 Å². The van der Waals surface area contributed by atoms with Crippen LogP contribution in [0.4, 0.5) is 0 Å². The average molecular weight is 142 g/mol. The molecule has 2 nitrogen and oxygen atoms in total. The van der Waals surface area contributed by atoms with E-state index in [2.05, 4.69) is 24.1 Å². The Bertz CT molecular complexity index is 81.3. The lowest BCUT2D eigenvalue weighted by Crippen LogP contribution is -2.22. The molecule has 0 aromatic rings. The first-order valence-corrected chi connectivity index (χ1v) is 3.82. The van der Waals surface area contributed by atoms with Crippen LogP contribution >= 0.6 is 0 Å². The minimum Gasteiger partial charge on any atom is -0.391 e. The van der Waals surface area contributed by atoms with Crippen LogP contribution in [0, 0.1) is 0 Å². The van der Waals surface area contributed by atoms with E-state index in [0.717, 1.165) is 6.54 Å². The summed E-state index contributed by atoms with van der Waals surface area (Å²) < 4.78 is 0. The zero-order chi connectivity index (χ0) is 7.82. The summed E-state index contributed by atoms with van der Waals surface area (Å²) in [6, 6.07) is 0.631. The summed E-state index contributed by atoms with van der Waals surface area (Å²) >= 11 is 0. The van der Waals surface area contributed by atoms with Crippen molar-refractivity contribution in [1.82, 2.24) is 10.6 Å². The van der Waals surface area contributed by atoms with Crippen LogP contribution in [0.5, 0.6) is 0 Å². The molecular weight excluding hydrogens is 124 g/mol. The van der Waals surface area contributed by atoms with Crippen molar-refractivity contribution in [1.29, 1.82) is 0 Å². The first-order chi connectivity index (χ1) is 4.81. The standard InChI is InChI=1S/C8H18N2/c1-4-10-7-5-6-8(2)9-3/h4,8-10H,1,5-7H2,2-3H3. The van der Waals surface area contributed by atoms with E-state index in [1.54, 1.807) is 6.20 Å². The Balaban J connectivity index is 2.95. The van der Waals surface area contributed by atoms with Crippen molar-refractivity contribution in [2.24, 2.45) is 0 Å². The molecule has 0 aromatic carbocycles. The fourth-order valence-corrected chi connectivity index (χ4v) is 0.757. The van der Waals surface area contributed by atoms with Gasteiger partial charge >= 0.3 is 0 Å². The molecule has 60 valence electrons. The highest BCUT2D eigenvalue weighted by molar-refractivity contribution is 4.64. The molecular formula is C8H18N2. The summed E-state index contributed by atoms with van der Waals surface area (Å²) in [6.45, 7) is 6.80. The fraction of sp³-hybridized carbons (Fsp3) is 0.750. The van der Waals surface area contributed by atoms with Crippen LogP contribution in [-0.2, 0) is 0 Å². The lowest BCUT2D eigenvalue weighted by Gasteiger charge is -2.08. The number of rotatable bonds is 6. The molecule has 0 aliphatic rings. The van der Waals surface area contributed by atoms with Gasteiger partial charge in [-0.05, 0) is 33.0 Å². The quantitative estimate of drug-likeness (QED) is 0.543. The fourth-order valence-electron chi connectivity index (χ4n) is 0.757. The van der Waals surface area contributed by atoms with Crippen molar-refractivity contribution in [2.45, 2.75) is 25.8 Å². The third-order valence-corrected chi connectivity index (χ3v) is 1.60. The summed E-state index contributed by atoms with van der Waals surface area (Å²) in [7, 11) is 1.99. The van der Waals surface area contributed by atoms with E-state index >= 15 is 0 Å². The summed E-state index contributed by atoms with van der Waals surface area (Å²) in [5, 5.41) is 6.25. The first kappa shape index (κ1) is 9.50. The predicted octanol–water partition coefficient (Wildman–Crippen LogP) is 1.11. The minimum absolute atomic E-state index is 0.631. The number of nitrogens with one attached hydrogen (secondary N) is 2. The maximum absolute atomic E-state index is 3.57. The maximum atomic E-state index is 3.57. The van der Waals surface area contributed by atoms with Gasteiger partial charge < -0.3 is 10.6 Å². The van der Waals surface area contributed by atoms with Crippen molar-refractivity contribution < 1.29 is 0 Å². The van der Waals surface area contributed by atoms with Crippen LogP contribution in [0.2, 0.25) is 0 Å². The Morgan fingerprint density at radius 2 is 2.30 bits per heavy atom. The van der Waals surface area contributed by atoms with Crippen LogP contribution in [-0.4, -0.2) is 19.6 Å². The van der Waals surface area contributed by atoms with E-state index in [-0.39, 0.29) is 0 Å². The average Bonchev–Trinajstić information content (AvgIpc) is 1.98. The third-order valence-electron chi connectivity index (χ3n) is 1.60. The predicted molar refractivity (Wildman–Crippen MR) is 46.0 cm³/mol. The van der Waals surface area contributed by atoms with E-state index in [9.17, 15) is 0 Å². The van der Waals surface area contributed by atoms with Crippen LogP contribution in [0.15, 0.2) is 12.8 Å². The Hall–Kier alpha value is -0.500. The van der Waals surface area contributed by atoms with Crippen molar-refractivity contribution in [3.05, 3.63) is 12.8 Å². The van der Waals surface area contributed by atoms with Gasteiger partial charge in [-0.2, -0.15) is 0 Å². The highest BCUT2D eigenvalue weighted by Gasteiger charge is 1.94. The van der Waals surface area contributed by atoms with Crippen molar-refractivity contribution in [2.75, 3.05) is 13.6 Å². The van der Waals surface area contributed by atoms with Crippen LogP contribution in [0.3, 0.4) is 0 Å². The van der Waals surface area contributed by atoms with Gasteiger partial charge in [-0.1, -0.05) is 6.58 Å². The zero-order valence-electron chi connectivity index (χ0n) is 6.98. The van der Waals surface area contributed by atoms with Gasteiger partial charge in [-0.15, -0.1) is 0 Å². The van der Waals surface area contributed by atoms with Gasteiger partial charge in [0.15, 0.2) is 0 Å². The Labute approximate surface area is 63.7 Å². The molecule has 0 bridgehead atoms. The van der Waals surface area contributed by atoms with Crippen LogP contribution in [0.25, 0.3) is 0 Å². The number of hydrogen-bond donors (Lipinski definition) is 2. The second-order valence-corrected chi connectivity index (χ2v) is 2.49. The molecule has 10 heavy (non-hydrogen) atoms. The Morgan fingerprint density at radius 3 is 2.80 bits per heavy atom. The SMILES string of the molecule is C=CNCCCC(C)NC. The van der Waals surface area contributed by atoms with Crippen LogP contribution in [0.1, 0.15) is 19.8 Å². The molecule has 0 aliphatic heterocycles. The smallest absolute Gasteiger partial charge is 0.0141 e. The minimum atomic E-state index is 0.631. The Morgan fingerprint density at radius 1 is 1.60 bits per heavy atom. The van der Waals surface area contributed by atoms with Crippen molar-refractivity contribution in [3.63, 3.8) is 0 Å². The van der Waals surface area contributed by atoms with Crippen molar-refractivity contribution in [3.8, 4) is 0 Å². The molecule has 0 fully saturated rings. The lowest BCUT2D eigenvalue weighted by molar-refractivity contribution is 0.536. The molecule has 0 heterocycles. The first-order valence-electron chi connectivity index (χ1n) is 3.82. The monoisotopic (exact) mass is 142 g/mol. The van der Waals surface area contributed by atoms with Gasteiger partial charge in [-0.25, -0.2) is 0 Å². The second kappa shape index (κ2) is 6.62. The van der Waals surface area contributed by atoms with E-state index in [4.69, 9.17) is 0 Å². The van der Waals surface area contributed by atoms with Crippen molar-refractivity contribution >= 4 is 0 Å². The molecule has 0 saturated carbocycles. The van der Waals surface area contributed by atoms with E-state index < -0.39 is 0 Å². The highest BCUT2D eigenvalue weighted by atomic mass is 14.9. The molecule has 0 radical (unpaired) electrons. The van der Waals surface area contributed by atoms with Crippen LogP contribution < -0.4 is 10.6 Å². The number of hydrogen-bond acceptors (Lipinski definition) is 2. The van der Waals surface area contributed by atoms with Gasteiger partial charge in [-0.3, -0.25) is 0 Å². The molecule has 0 rings (SSSR count). The molecule has 0 aromatic heterocycles. The molecule has 0 aliphatic carbocycles.